The van der Waals surface area contributed by atoms with E-state index in [1.54, 1.807) is 12.6 Å². The number of furan rings is 1. The van der Waals surface area contributed by atoms with Gasteiger partial charge in [-0.1, -0.05) is 24.3 Å². The molecule has 0 atom stereocenters. The number of rotatable bonds is 6. The third-order valence-corrected chi connectivity index (χ3v) is 4.10. The Morgan fingerprint density at radius 2 is 2.00 bits per heavy atom. The molecule has 0 saturated carbocycles. The van der Waals surface area contributed by atoms with Crippen LogP contribution in [0.2, 0.25) is 0 Å². The monoisotopic (exact) mass is 348 g/mol. The molecule has 0 amide bonds. The third kappa shape index (κ3) is 3.29. The van der Waals surface area contributed by atoms with Crippen LogP contribution >= 0.6 is 0 Å². The van der Waals surface area contributed by atoms with Gasteiger partial charge in [-0.05, 0) is 37.4 Å². The number of hydrogen-bond donors (Lipinski definition) is 1. The van der Waals surface area contributed by atoms with Gasteiger partial charge >= 0.3 is 0 Å². The Labute approximate surface area is 151 Å². The molecule has 0 fully saturated rings. The first-order chi connectivity index (χ1) is 12.7. The summed E-state index contributed by atoms with van der Waals surface area (Å²) >= 11 is 0. The highest BCUT2D eigenvalue weighted by Gasteiger charge is 2.11. The maximum absolute atomic E-state index is 5.35. The number of nitrogens with one attached hydrogen (secondary N) is 1. The molecule has 1 aromatic carbocycles. The molecule has 3 aromatic heterocycles. The van der Waals surface area contributed by atoms with Gasteiger partial charge in [-0.15, -0.1) is 10.2 Å². The van der Waals surface area contributed by atoms with Crippen molar-refractivity contribution in [1.82, 2.24) is 24.5 Å². The van der Waals surface area contributed by atoms with Crippen molar-refractivity contribution in [3.8, 4) is 11.1 Å². The number of anilines is 1. The van der Waals surface area contributed by atoms with Crippen LogP contribution in [0.25, 0.3) is 16.8 Å². The van der Waals surface area contributed by atoms with E-state index in [2.05, 4.69) is 63.8 Å². The van der Waals surface area contributed by atoms with Crippen LogP contribution < -0.4 is 5.32 Å². The Bertz CT molecular complexity index is 989. The summed E-state index contributed by atoms with van der Waals surface area (Å²) in [7, 11) is 4.12. The Balaban J connectivity index is 1.62. The van der Waals surface area contributed by atoms with Gasteiger partial charge < -0.3 is 14.6 Å². The highest BCUT2D eigenvalue weighted by atomic mass is 16.3. The van der Waals surface area contributed by atoms with Gasteiger partial charge in [0.15, 0.2) is 5.65 Å². The van der Waals surface area contributed by atoms with Gasteiger partial charge in [0.1, 0.15) is 12.1 Å². The van der Waals surface area contributed by atoms with E-state index < -0.39 is 0 Å². The Morgan fingerprint density at radius 3 is 2.73 bits per heavy atom. The molecule has 132 valence electrons. The minimum absolute atomic E-state index is 0.547. The molecule has 7 heteroatoms. The van der Waals surface area contributed by atoms with Crippen LogP contribution in [0.15, 0.2) is 59.6 Å². The molecule has 0 spiro atoms. The van der Waals surface area contributed by atoms with Crippen LogP contribution in [-0.4, -0.2) is 38.6 Å². The molecule has 0 unspecified atom stereocenters. The maximum atomic E-state index is 5.35. The predicted molar refractivity (Wildman–Crippen MR) is 99.6 cm³/mol. The van der Waals surface area contributed by atoms with E-state index >= 15 is 0 Å². The Kier molecular flexibility index (Phi) is 4.37. The van der Waals surface area contributed by atoms with Crippen LogP contribution in [0.5, 0.6) is 0 Å². The maximum Gasteiger partial charge on any atom is 0.210 e. The molecule has 3 heterocycles. The second kappa shape index (κ2) is 6.97. The molecule has 0 aliphatic rings. The zero-order chi connectivity index (χ0) is 17.9. The molecule has 1 N–H and O–H groups in total. The van der Waals surface area contributed by atoms with Crippen molar-refractivity contribution in [3.05, 3.63) is 66.5 Å². The molecule has 0 radical (unpaired) electrons. The van der Waals surface area contributed by atoms with Crippen LogP contribution in [0.3, 0.4) is 0 Å². The molecule has 4 rings (SSSR count). The molecule has 0 aliphatic heterocycles. The van der Waals surface area contributed by atoms with Gasteiger partial charge in [0.05, 0.1) is 12.8 Å². The number of benzene rings is 1. The van der Waals surface area contributed by atoms with Gasteiger partial charge in [0.2, 0.25) is 5.95 Å². The summed E-state index contributed by atoms with van der Waals surface area (Å²) in [6.07, 6.45) is 5.15. The normalized spacial score (nSPS) is 11.3. The van der Waals surface area contributed by atoms with E-state index in [1.165, 1.54) is 5.56 Å². The number of hydrogen-bond acceptors (Lipinski definition) is 6. The Morgan fingerprint density at radius 1 is 1.15 bits per heavy atom. The smallest absolute Gasteiger partial charge is 0.210 e. The minimum Gasteiger partial charge on any atom is -0.467 e. The lowest BCUT2D eigenvalue weighted by Crippen LogP contribution is -2.10. The molecule has 0 bridgehead atoms. The van der Waals surface area contributed by atoms with Crippen molar-refractivity contribution in [1.29, 1.82) is 0 Å². The van der Waals surface area contributed by atoms with Crippen molar-refractivity contribution < 1.29 is 4.42 Å². The zero-order valence-corrected chi connectivity index (χ0v) is 14.8. The molecule has 4 aromatic rings. The number of nitrogens with zero attached hydrogens (tertiary/aromatic N) is 5. The van der Waals surface area contributed by atoms with Crippen molar-refractivity contribution in [2.24, 2.45) is 0 Å². The summed E-state index contributed by atoms with van der Waals surface area (Å²) < 4.78 is 7.20. The molecule has 0 saturated heterocycles. The number of aromatic nitrogens is 4. The quantitative estimate of drug-likeness (QED) is 0.577. The lowest BCUT2D eigenvalue weighted by atomic mass is 10.1. The summed E-state index contributed by atoms with van der Waals surface area (Å²) in [5.41, 5.74) is 4.04. The molecular weight excluding hydrogens is 328 g/mol. The highest BCUT2D eigenvalue weighted by molar-refractivity contribution is 5.77. The zero-order valence-electron chi connectivity index (χ0n) is 14.8. The lowest BCUT2D eigenvalue weighted by molar-refractivity contribution is 0.402. The fourth-order valence-corrected chi connectivity index (χ4v) is 2.89. The van der Waals surface area contributed by atoms with Crippen LogP contribution in [0.1, 0.15) is 11.3 Å². The second-order valence-corrected chi connectivity index (χ2v) is 6.39. The summed E-state index contributed by atoms with van der Waals surface area (Å²) in [5, 5.41) is 11.6. The third-order valence-electron chi connectivity index (χ3n) is 4.10. The van der Waals surface area contributed by atoms with Crippen LogP contribution in [0, 0.1) is 0 Å². The molecule has 0 aliphatic carbocycles. The largest absolute Gasteiger partial charge is 0.467 e. The molecular formula is C19H20N6O. The second-order valence-electron chi connectivity index (χ2n) is 6.39. The van der Waals surface area contributed by atoms with Crippen molar-refractivity contribution in [2.45, 2.75) is 13.1 Å². The fourth-order valence-electron chi connectivity index (χ4n) is 2.89. The Hall–Kier alpha value is -3.19. The van der Waals surface area contributed by atoms with E-state index in [4.69, 9.17) is 4.42 Å². The van der Waals surface area contributed by atoms with Gasteiger partial charge in [0.25, 0.3) is 0 Å². The van der Waals surface area contributed by atoms with Crippen LogP contribution in [0.4, 0.5) is 5.95 Å². The summed E-state index contributed by atoms with van der Waals surface area (Å²) in [4.78, 5) is 6.69. The van der Waals surface area contributed by atoms with E-state index in [9.17, 15) is 0 Å². The average molecular weight is 348 g/mol. The van der Waals surface area contributed by atoms with Crippen molar-refractivity contribution >= 4 is 11.6 Å². The first-order valence-electron chi connectivity index (χ1n) is 8.40. The summed E-state index contributed by atoms with van der Waals surface area (Å²) in [6, 6.07) is 12.2. The van der Waals surface area contributed by atoms with Gasteiger partial charge in [-0.3, -0.25) is 4.40 Å². The van der Waals surface area contributed by atoms with Crippen LogP contribution in [-0.2, 0) is 13.1 Å². The topological polar surface area (TPSA) is 71.5 Å². The van der Waals surface area contributed by atoms with Crippen molar-refractivity contribution in [3.63, 3.8) is 0 Å². The summed E-state index contributed by atoms with van der Waals surface area (Å²) in [5.74, 6) is 1.52. The summed E-state index contributed by atoms with van der Waals surface area (Å²) in [6.45, 7) is 1.46. The van der Waals surface area contributed by atoms with E-state index in [0.717, 1.165) is 29.1 Å². The fraction of sp³-hybridized carbons (Fsp3) is 0.211. The van der Waals surface area contributed by atoms with Gasteiger partial charge in [0, 0.05) is 18.3 Å². The first-order valence-corrected chi connectivity index (χ1v) is 8.40. The van der Waals surface area contributed by atoms with Crippen molar-refractivity contribution in [2.75, 3.05) is 19.4 Å². The van der Waals surface area contributed by atoms with E-state index in [0.29, 0.717) is 12.5 Å². The lowest BCUT2D eigenvalue weighted by Gasteiger charge is -2.11. The standard InChI is InChI=1S/C19H20N6O/c1-24(2)12-14-5-7-15(8-6-14)17-11-21-19(25-13-22-23-18(17)25)20-10-16-4-3-9-26-16/h3-9,11,13H,10,12H2,1-2H3,(H,20,21). The van der Waals surface area contributed by atoms with Gasteiger partial charge in [-0.2, -0.15) is 0 Å². The minimum atomic E-state index is 0.547. The predicted octanol–water partition coefficient (Wildman–Crippen LogP) is 3.06. The first kappa shape index (κ1) is 16.3. The van der Waals surface area contributed by atoms with Gasteiger partial charge in [-0.25, -0.2) is 4.98 Å². The highest BCUT2D eigenvalue weighted by Crippen LogP contribution is 2.25. The van der Waals surface area contributed by atoms with E-state index in [1.807, 2.05) is 22.7 Å². The average Bonchev–Trinajstić information content (AvgIpc) is 3.32. The number of fused-ring (bicyclic) bond motifs is 1. The molecule has 7 nitrogen and oxygen atoms in total. The van der Waals surface area contributed by atoms with E-state index in [-0.39, 0.29) is 0 Å². The SMILES string of the molecule is CN(C)Cc1ccc(-c2cnc(NCc3ccco3)n3cnnc23)cc1. The molecule has 26 heavy (non-hydrogen) atoms.